The van der Waals surface area contributed by atoms with E-state index in [1.165, 1.54) is 52.8 Å². The van der Waals surface area contributed by atoms with Crippen molar-refractivity contribution < 1.29 is 18.0 Å². The summed E-state index contributed by atoms with van der Waals surface area (Å²) in [5.41, 5.74) is 0.515. The van der Waals surface area contributed by atoms with Crippen molar-refractivity contribution in [2.45, 2.75) is 6.54 Å². The molecule has 0 bridgehead atoms. The number of carbonyl (C=O) groups excluding carboxylic acids is 1. The summed E-state index contributed by atoms with van der Waals surface area (Å²) in [6.07, 6.45) is 1.51. The first kappa shape index (κ1) is 16.4. The Kier molecular flexibility index (Phi) is 4.22. The maximum atomic E-state index is 14.0. The summed E-state index contributed by atoms with van der Waals surface area (Å²) in [4.78, 5) is 18.7. The lowest BCUT2D eigenvalue weighted by molar-refractivity contribution is 0.0983. The molecular weight excluding hydrogens is 358 g/mol. The van der Waals surface area contributed by atoms with Gasteiger partial charge in [-0.2, -0.15) is 0 Å². The van der Waals surface area contributed by atoms with Crippen LogP contribution >= 0.6 is 11.3 Å². The number of furan rings is 1. The van der Waals surface area contributed by atoms with E-state index in [2.05, 4.69) is 4.98 Å². The predicted octanol–water partition coefficient (Wildman–Crippen LogP) is 5.01. The predicted molar refractivity (Wildman–Crippen MR) is 95.2 cm³/mol. The van der Waals surface area contributed by atoms with Crippen molar-refractivity contribution in [2.24, 2.45) is 0 Å². The third-order valence-electron chi connectivity index (χ3n) is 3.82. The van der Waals surface area contributed by atoms with E-state index in [4.69, 9.17) is 4.42 Å². The second-order valence-electron chi connectivity index (χ2n) is 5.56. The highest BCUT2D eigenvalue weighted by Crippen LogP contribution is 2.32. The standard InChI is InChI=1S/C19H12F2N2O2S/c20-13-8-6-12(7-9-13)18(24)23(11-14-3-2-10-25-14)19-22-17-15(21)4-1-5-16(17)26-19/h1-10H,11H2. The number of benzene rings is 2. The topological polar surface area (TPSA) is 46.3 Å². The Morgan fingerprint density at radius 1 is 1.08 bits per heavy atom. The molecule has 26 heavy (non-hydrogen) atoms. The quantitative estimate of drug-likeness (QED) is 0.507. The zero-order valence-corrected chi connectivity index (χ0v) is 14.2. The number of rotatable bonds is 4. The molecule has 0 spiro atoms. The molecule has 0 fully saturated rings. The van der Waals surface area contributed by atoms with Crippen molar-refractivity contribution >= 4 is 32.6 Å². The van der Waals surface area contributed by atoms with Crippen LogP contribution in [0.2, 0.25) is 0 Å². The minimum absolute atomic E-state index is 0.130. The summed E-state index contributed by atoms with van der Waals surface area (Å²) in [7, 11) is 0. The highest BCUT2D eigenvalue weighted by molar-refractivity contribution is 7.22. The number of para-hydroxylation sites is 1. The van der Waals surface area contributed by atoms with Gasteiger partial charge in [0.2, 0.25) is 0 Å². The first-order valence-corrected chi connectivity index (χ1v) is 8.58. The lowest BCUT2D eigenvalue weighted by atomic mass is 10.2. The Balaban J connectivity index is 1.77. The fraction of sp³-hybridized carbons (Fsp3) is 0.0526. The van der Waals surface area contributed by atoms with Crippen molar-refractivity contribution in [3.05, 3.63) is 83.8 Å². The van der Waals surface area contributed by atoms with Gasteiger partial charge in [0, 0.05) is 5.56 Å². The fourth-order valence-electron chi connectivity index (χ4n) is 2.55. The van der Waals surface area contributed by atoms with Crippen LogP contribution in [0, 0.1) is 11.6 Å². The molecule has 0 N–H and O–H groups in total. The number of thiazole rings is 1. The van der Waals surface area contributed by atoms with Gasteiger partial charge < -0.3 is 4.42 Å². The Morgan fingerprint density at radius 3 is 2.58 bits per heavy atom. The van der Waals surface area contributed by atoms with E-state index in [1.54, 1.807) is 24.3 Å². The van der Waals surface area contributed by atoms with E-state index in [0.717, 1.165) is 0 Å². The molecule has 0 saturated carbocycles. The molecule has 4 aromatic rings. The normalized spacial score (nSPS) is 11.0. The number of hydrogen-bond acceptors (Lipinski definition) is 4. The molecule has 0 atom stereocenters. The number of halogens is 2. The molecule has 2 aromatic heterocycles. The van der Waals surface area contributed by atoms with Crippen molar-refractivity contribution in [1.82, 2.24) is 4.98 Å². The van der Waals surface area contributed by atoms with Gasteiger partial charge in [-0.1, -0.05) is 17.4 Å². The lowest BCUT2D eigenvalue weighted by Crippen LogP contribution is -2.30. The number of anilines is 1. The third kappa shape index (κ3) is 3.09. The SMILES string of the molecule is O=C(c1ccc(F)cc1)N(Cc1ccco1)c1nc2c(F)cccc2s1. The molecule has 2 heterocycles. The van der Waals surface area contributed by atoms with E-state index in [-0.39, 0.29) is 18.0 Å². The van der Waals surface area contributed by atoms with Crippen LogP contribution in [0.3, 0.4) is 0 Å². The Morgan fingerprint density at radius 2 is 1.88 bits per heavy atom. The maximum Gasteiger partial charge on any atom is 0.260 e. The minimum Gasteiger partial charge on any atom is -0.467 e. The molecule has 0 aliphatic rings. The number of hydrogen-bond donors (Lipinski definition) is 0. The molecule has 0 aliphatic heterocycles. The molecule has 0 aliphatic carbocycles. The number of nitrogens with zero attached hydrogens (tertiary/aromatic N) is 2. The molecule has 130 valence electrons. The second kappa shape index (κ2) is 6.68. The highest BCUT2D eigenvalue weighted by atomic mass is 32.1. The molecule has 0 unspecified atom stereocenters. The van der Waals surface area contributed by atoms with Gasteiger partial charge in [-0.05, 0) is 48.5 Å². The van der Waals surface area contributed by atoms with E-state index in [1.807, 2.05) is 0 Å². The van der Waals surface area contributed by atoms with Gasteiger partial charge in [0.15, 0.2) is 5.13 Å². The van der Waals surface area contributed by atoms with E-state index in [0.29, 0.717) is 21.2 Å². The zero-order valence-electron chi connectivity index (χ0n) is 13.4. The van der Waals surface area contributed by atoms with Gasteiger partial charge in [0.05, 0.1) is 17.5 Å². The van der Waals surface area contributed by atoms with Crippen LogP contribution in [0.4, 0.5) is 13.9 Å². The molecule has 4 rings (SSSR count). The maximum absolute atomic E-state index is 14.0. The summed E-state index contributed by atoms with van der Waals surface area (Å²) in [5, 5.41) is 0.343. The summed E-state index contributed by atoms with van der Waals surface area (Å²) in [6.45, 7) is 0.130. The molecule has 2 aromatic carbocycles. The second-order valence-corrected chi connectivity index (χ2v) is 6.57. The van der Waals surface area contributed by atoms with E-state index in [9.17, 15) is 13.6 Å². The number of fused-ring (bicyclic) bond motifs is 1. The minimum atomic E-state index is -0.447. The van der Waals surface area contributed by atoms with Crippen LogP contribution in [-0.4, -0.2) is 10.9 Å². The van der Waals surface area contributed by atoms with Gasteiger partial charge in [-0.3, -0.25) is 9.69 Å². The van der Waals surface area contributed by atoms with Crippen LogP contribution in [0.5, 0.6) is 0 Å². The number of carbonyl (C=O) groups is 1. The van der Waals surface area contributed by atoms with Gasteiger partial charge >= 0.3 is 0 Å². The van der Waals surface area contributed by atoms with Crippen LogP contribution in [0.15, 0.2) is 65.3 Å². The summed E-state index contributed by atoms with van der Waals surface area (Å²) in [6, 6.07) is 13.4. The molecule has 4 nitrogen and oxygen atoms in total. The number of aromatic nitrogens is 1. The van der Waals surface area contributed by atoms with Crippen LogP contribution in [-0.2, 0) is 6.54 Å². The Hall–Kier alpha value is -3.06. The average molecular weight is 370 g/mol. The van der Waals surface area contributed by atoms with Crippen LogP contribution in [0.1, 0.15) is 16.1 Å². The summed E-state index contributed by atoms with van der Waals surface area (Å²) < 4.78 is 33.1. The van der Waals surface area contributed by atoms with Crippen molar-refractivity contribution in [3.63, 3.8) is 0 Å². The smallest absolute Gasteiger partial charge is 0.260 e. The Bertz CT molecular complexity index is 1060. The number of amides is 1. The third-order valence-corrected chi connectivity index (χ3v) is 4.86. The van der Waals surface area contributed by atoms with Gasteiger partial charge in [0.25, 0.3) is 5.91 Å². The molecule has 1 amide bonds. The van der Waals surface area contributed by atoms with Gasteiger partial charge in [0.1, 0.15) is 22.9 Å². The van der Waals surface area contributed by atoms with Crippen molar-refractivity contribution in [3.8, 4) is 0 Å². The fourth-order valence-corrected chi connectivity index (χ4v) is 3.53. The van der Waals surface area contributed by atoms with E-state index >= 15 is 0 Å². The van der Waals surface area contributed by atoms with E-state index < -0.39 is 11.6 Å². The summed E-state index contributed by atoms with van der Waals surface area (Å²) >= 11 is 1.21. The Labute approximate surface area is 151 Å². The van der Waals surface area contributed by atoms with Gasteiger partial charge in [-0.25, -0.2) is 13.8 Å². The summed E-state index contributed by atoms with van der Waals surface area (Å²) in [5.74, 6) is -0.695. The molecule has 0 radical (unpaired) electrons. The first-order chi connectivity index (χ1) is 12.6. The van der Waals surface area contributed by atoms with Crippen LogP contribution in [0.25, 0.3) is 10.2 Å². The highest BCUT2D eigenvalue weighted by Gasteiger charge is 2.23. The first-order valence-electron chi connectivity index (χ1n) is 7.77. The monoisotopic (exact) mass is 370 g/mol. The zero-order chi connectivity index (χ0) is 18.1. The van der Waals surface area contributed by atoms with Crippen LogP contribution < -0.4 is 4.90 Å². The lowest BCUT2D eigenvalue weighted by Gasteiger charge is -2.18. The van der Waals surface area contributed by atoms with Crippen molar-refractivity contribution in [1.29, 1.82) is 0 Å². The largest absolute Gasteiger partial charge is 0.467 e. The van der Waals surface area contributed by atoms with Crippen molar-refractivity contribution in [2.75, 3.05) is 4.90 Å². The molecule has 0 saturated heterocycles. The average Bonchev–Trinajstić information content (AvgIpc) is 3.30. The van der Waals surface area contributed by atoms with Gasteiger partial charge in [-0.15, -0.1) is 0 Å². The molecular formula is C19H12F2N2O2S. The molecule has 7 heteroatoms.